The number of amides is 2. The van der Waals surface area contributed by atoms with Gasteiger partial charge in [-0.2, -0.15) is 0 Å². The van der Waals surface area contributed by atoms with E-state index in [0.29, 0.717) is 12.1 Å². The number of hydrogen-bond acceptors (Lipinski definition) is 5. The number of piperidine rings is 2. The first-order valence-electron chi connectivity index (χ1n) is 12.0. The fraction of sp³-hybridized carbons (Fsp3) is 0.913. The quantitative estimate of drug-likeness (QED) is 0.701. The van der Waals surface area contributed by atoms with E-state index < -0.39 is 0 Å². The Morgan fingerprint density at radius 3 is 2.40 bits per heavy atom. The van der Waals surface area contributed by atoms with Crippen LogP contribution in [0.1, 0.15) is 72.1 Å². The lowest BCUT2D eigenvalue weighted by Gasteiger charge is -2.52. The van der Waals surface area contributed by atoms with Crippen LogP contribution >= 0.6 is 0 Å². The Bertz CT molecular complexity index is 624. The molecule has 3 aliphatic heterocycles. The van der Waals surface area contributed by atoms with Gasteiger partial charge in [0.2, 0.25) is 5.91 Å². The van der Waals surface area contributed by atoms with E-state index >= 15 is 0 Å². The standard InChI is InChI=1S/C23H39N3O4/c1-17(2)30-22(28)24-14-10-23(3,11-15-24)25-12-8-18(9-13-25)26-19-6-4-5-7-20(19)29-16-21(26)27/h17-20H,4-16H2,1-3H3/t19-,20-/m0/s1. The van der Waals surface area contributed by atoms with Crippen molar-refractivity contribution in [2.75, 3.05) is 32.8 Å². The molecule has 0 aromatic carbocycles. The van der Waals surface area contributed by atoms with Crippen LogP contribution < -0.4 is 0 Å². The normalized spacial score (nSPS) is 31.0. The minimum atomic E-state index is -0.182. The Morgan fingerprint density at radius 1 is 1.07 bits per heavy atom. The molecule has 0 N–H and O–H groups in total. The fourth-order valence-corrected chi connectivity index (χ4v) is 5.95. The highest BCUT2D eigenvalue weighted by molar-refractivity contribution is 5.79. The third-order valence-electron chi connectivity index (χ3n) is 7.79. The molecule has 0 spiro atoms. The molecule has 4 rings (SSSR count). The molecule has 7 nitrogen and oxygen atoms in total. The highest BCUT2D eigenvalue weighted by atomic mass is 16.6. The van der Waals surface area contributed by atoms with Crippen molar-refractivity contribution in [2.45, 2.75) is 102 Å². The summed E-state index contributed by atoms with van der Waals surface area (Å²) >= 11 is 0. The first kappa shape index (κ1) is 21.9. The van der Waals surface area contributed by atoms with Crippen molar-refractivity contribution in [3.05, 3.63) is 0 Å². The molecule has 2 atom stereocenters. The smallest absolute Gasteiger partial charge is 0.410 e. The van der Waals surface area contributed by atoms with Crippen LogP contribution in [-0.4, -0.2) is 89.3 Å². The lowest BCUT2D eigenvalue weighted by Crippen LogP contribution is -2.63. The monoisotopic (exact) mass is 421 g/mol. The summed E-state index contributed by atoms with van der Waals surface area (Å²) in [5.74, 6) is 0.194. The zero-order chi connectivity index (χ0) is 21.3. The molecule has 170 valence electrons. The minimum absolute atomic E-state index is 0.0727. The molecule has 0 aromatic rings. The number of ether oxygens (including phenoxy) is 2. The van der Waals surface area contributed by atoms with Crippen LogP contribution in [-0.2, 0) is 14.3 Å². The van der Waals surface area contributed by atoms with Gasteiger partial charge in [0.25, 0.3) is 0 Å². The van der Waals surface area contributed by atoms with Crippen LogP contribution in [0.25, 0.3) is 0 Å². The molecule has 4 aliphatic rings. The van der Waals surface area contributed by atoms with E-state index in [9.17, 15) is 9.59 Å². The molecule has 4 fully saturated rings. The molecule has 0 aromatic heterocycles. The van der Waals surface area contributed by atoms with Crippen molar-refractivity contribution in [1.29, 1.82) is 0 Å². The molecule has 0 unspecified atom stereocenters. The van der Waals surface area contributed by atoms with Crippen molar-refractivity contribution < 1.29 is 19.1 Å². The summed E-state index contributed by atoms with van der Waals surface area (Å²) < 4.78 is 11.2. The molecule has 2 amide bonds. The molecule has 30 heavy (non-hydrogen) atoms. The third kappa shape index (κ3) is 4.47. The Hall–Kier alpha value is -1.34. The lowest BCUT2D eigenvalue weighted by molar-refractivity contribution is -0.167. The van der Waals surface area contributed by atoms with E-state index in [4.69, 9.17) is 9.47 Å². The highest BCUT2D eigenvalue weighted by Gasteiger charge is 2.44. The Labute approximate surface area is 181 Å². The van der Waals surface area contributed by atoms with E-state index in [-0.39, 0.29) is 36.4 Å². The van der Waals surface area contributed by atoms with Crippen LogP contribution in [0.4, 0.5) is 4.79 Å². The van der Waals surface area contributed by atoms with Gasteiger partial charge < -0.3 is 19.3 Å². The molecule has 0 radical (unpaired) electrons. The second-order valence-corrected chi connectivity index (χ2v) is 10.1. The molecule has 1 aliphatic carbocycles. The second kappa shape index (κ2) is 9.03. The van der Waals surface area contributed by atoms with Crippen LogP contribution in [0.15, 0.2) is 0 Å². The number of carbonyl (C=O) groups is 2. The fourth-order valence-electron chi connectivity index (χ4n) is 5.95. The second-order valence-electron chi connectivity index (χ2n) is 10.1. The van der Waals surface area contributed by atoms with Gasteiger partial charge in [-0.3, -0.25) is 9.69 Å². The van der Waals surface area contributed by atoms with Gasteiger partial charge >= 0.3 is 6.09 Å². The van der Waals surface area contributed by atoms with E-state index in [0.717, 1.165) is 64.7 Å². The third-order valence-corrected chi connectivity index (χ3v) is 7.79. The molecule has 1 saturated carbocycles. The van der Waals surface area contributed by atoms with Crippen molar-refractivity contribution >= 4 is 12.0 Å². The van der Waals surface area contributed by atoms with Gasteiger partial charge in [0.1, 0.15) is 6.61 Å². The van der Waals surface area contributed by atoms with Crippen LogP contribution in [0.5, 0.6) is 0 Å². The first-order chi connectivity index (χ1) is 14.4. The van der Waals surface area contributed by atoms with Crippen molar-refractivity contribution in [3.8, 4) is 0 Å². The number of rotatable bonds is 3. The van der Waals surface area contributed by atoms with E-state index in [2.05, 4.69) is 16.7 Å². The summed E-state index contributed by atoms with van der Waals surface area (Å²) in [4.78, 5) is 31.6. The van der Waals surface area contributed by atoms with Gasteiger partial charge in [0.15, 0.2) is 0 Å². The number of fused-ring (bicyclic) bond motifs is 1. The number of carbonyl (C=O) groups excluding carboxylic acids is 2. The largest absolute Gasteiger partial charge is 0.447 e. The van der Waals surface area contributed by atoms with Gasteiger partial charge in [-0.1, -0.05) is 12.8 Å². The van der Waals surface area contributed by atoms with Crippen molar-refractivity contribution in [1.82, 2.24) is 14.7 Å². The molecule has 3 saturated heterocycles. The lowest BCUT2D eigenvalue weighted by atomic mass is 9.84. The van der Waals surface area contributed by atoms with Gasteiger partial charge in [0, 0.05) is 37.8 Å². The Morgan fingerprint density at radius 2 is 1.73 bits per heavy atom. The van der Waals surface area contributed by atoms with E-state index in [1.807, 2.05) is 18.7 Å². The van der Waals surface area contributed by atoms with Crippen molar-refractivity contribution in [2.24, 2.45) is 0 Å². The summed E-state index contributed by atoms with van der Waals surface area (Å²) in [6.45, 7) is 9.97. The predicted octanol–water partition coefficient (Wildman–Crippen LogP) is 3.02. The summed E-state index contributed by atoms with van der Waals surface area (Å²) in [7, 11) is 0. The summed E-state index contributed by atoms with van der Waals surface area (Å²) in [6.07, 6.45) is 8.67. The maximum Gasteiger partial charge on any atom is 0.410 e. The highest BCUT2D eigenvalue weighted by Crippen LogP contribution is 2.36. The van der Waals surface area contributed by atoms with Gasteiger partial charge in [-0.05, 0) is 59.3 Å². The molecule has 7 heteroatoms. The minimum Gasteiger partial charge on any atom is -0.447 e. The topological polar surface area (TPSA) is 62.3 Å². The zero-order valence-electron chi connectivity index (χ0n) is 19.0. The summed E-state index contributed by atoms with van der Waals surface area (Å²) in [5, 5.41) is 0. The maximum absolute atomic E-state index is 12.7. The zero-order valence-corrected chi connectivity index (χ0v) is 19.0. The number of nitrogens with zero attached hydrogens (tertiary/aromatic N) is 3. The first-order valence-corrected chi connectivity index (χ1v) is 12.0. The predicted molar refractivity (Wildman–Crippen MR) is 114 cm³/mol. The molecule has 3 heterocycles. The van der Waals surface area contributed by atoms with Crippen LogP contribution in [0, 0.1) is 0 Å². The van der Waals surface area contributed by atoms with Gasteiger partial charge in [0.05, 0.1) is 18.2 Å². The average molecular weight is 422 g/mol. The van der Waals surface area contributed by atoms with Gasteiger partial charge in [-0.25, -0.2) is 4.79 Å². The summed E-state index contributed by atoms with van der Waals surface area (Å²) in [5.41, 5.74) is 0.127. The molecular weight excluding hydrogens is 382 g/mol. The van der Waals surface area contributed by atoms with E-state index in [1.54, 1.807) is 0 Å². The average Bonchev–Trinajstić information content (AvgIpc) is 2.74. The number of likely N-dealkylation sites (tertiary alicyclic amines) is 2. The van der Waals surface area contributed by atoms with E-state index in [1.165, 1.54) is 12.8 Å². The Balaban J connectivity index is 1.31. The Kier molecular flexibility index (Phi) is 6.58. The van der Waals surface area contributed by atoms with Crippen LogP contribution in [0.2, 0.25) is 0 Å². The summed E-state index contributed by atoms with van der Waals surface area (Å²) in [6, 6.07) is 0.648. The van der Waals surface area contributed by atoms with Crippen molar-refractivity contribution in [3.63, 3.8) is 0 Å². The van der Waals surface area contributed by atoms with Crippen LogP contribution in [0.3, 0.4) is 0 Å². The number of morpholine rings is 1. The maximum atomic E-state index is 12.7. The number of hydrogen-bond donors (Lipinski definition) is 0. The van der Waals surface area contributed by atoms with Gasteiger partial charge in [-0.15, -0.1) is 0 Å². The molecule has 0 bridgehead atoms. The SMILES string of the molecule is CC(C)OC(=O)N1CCC(C)(N2CCC(N3C(=O)CO[C@H]4CCCC[C@@H]43)CC2)CC1. The molecular formula is C23H39N3O4.